The van der Waals surface area contributed by atoms with Gasteiger partial charge in [-0.3, -0.25) is 10.1 Å². The van der Waals surface area contributed by atoms with Crippen LogP contribution in [-0.2, 0) is 9.53 Å². The van der Waals surface area contributed by atoms with E-state index in [4.69, 9.17) is 4.74 Å². The Morgan fingerprint density at radius 1 is 1.28 bits per heavy atom. The van der Waals surface area contributed by atoms with Crippen molar-refractivity contribution in [3.05, 3.63) is 46.7 Å². The summed E-state index contributed by atoms with van der Waals surface area (Å²) in [6, 6.07) is 7.02. The number of esters is 1. The second kappa shape index (κ2) is 7.63. The predicted molar refractivity (Wildman–Crippen MR) is 104 cm³/mol. The number of halogens is 1. The second-order valence-corrected chi connectivity index (χ2v) is 7.71. The molecule has 1 aliphatic rings. The van der Waals surface area contributed by atoms with Gasteiger partial charge in [0.15, 0.2) is 6.61 Å². The number of hydrogen-bond donors (Lipinski definition) is 2. The van der Waals surface area contributed by atoms with Crippen molar-refractivity contribution in [1.29, 1.82) is 0 Å². The van der Waals surface area contributed by atoms with E-state index in [1.165, 1.54) is 12.1 Å². The molecule has 1 fully saturated rings. The van der Waals surface area contributed by atoms with Gasteiger partial charge >= 0.3 is 12.0 Å². The van der Waals surface area contributed by atoms with Gasteiger partial charge in [-0.05, 0) is 50.1 Å². The van der Waals surface area contributed by atoms with Crippen molar-refractivity contribution < 1.29 is 23.5 Å². The zero-order chi connectivity index (χ0) is 20.5. The number of carbonyl (C=O) groups excluding carboxylic acids is 3. The number of amides is 3. The third kappa shape index (κ3) is 4.27. The Bertz CT molecular complexity index is 1100. The van der Waals surface area contributed by atoms with Crippen LogP contribution in [0.25, 0.3) is 15.9 Å². The van der Waals surface area contributed by atoms with Gasteiger partial charge in [0.05, 0.1) is 11.4 Å². The van der Waals surface area contributed by atoms with Crippen LogP contribution < -0.4 is 10.6 Å². The summed E-state index contributed by atoms with van der Waals surface area (Å²) in [6.45, 7) is 1.24. The smallest absolute Gasteiger partial charge is 0.348 e. The molecule has 3 amide bonds. The maximum atomic E-state index is 13.2. The zero-order valence-corrected chi connectivity index (χ0v) is 16.2. The van der Waals surface area contributed by atoms with Crippen molar-refractivity contribution in [2.75, 3.05) is 6.61 Å². The van der Waals surface area contributed by atoms with Crippen molar-refractivity contribution in [2.24, 2.45) is 0 Å². The van der Waals surface area contributed by atoms with Crippen molar-refractivity contribution in [3.63, 3.8) is 0 Å². The molecule has 8 nitrogen and oxygen atoms in total. The lowest BCUT2D eigenvalue weighted by atomic mass is 10.3. The predicted octanol–water partition coefficient (Wildman–Crippen LogP) is 2.68. The molecule has 0 radical (unpaired) electrons. The van der Waals surface area contributed by atoms with Gasteiger partial charge in [-0.25, -0.2) is 18.7 Å². The summed E-state index contributed by atoms with van der Waals surface area (Å²) in [4.78, 5) is 36.6. The van der Waals surface area contributed by atoms with E-state index >= 15 is 0 Å². The number of benzene rings is 1. The average Bonchev–Trinajstić information content (AvgIpc) is 3.28. The molecule has 150 valence electrons. The van der Waals surface area contributed by atoms with E-state index < -0.39 is 24.5 Å². The van der Waals surface area contributed by atoms with Crippen LogP contribution in [0.15, 0.2) is 30.3 Å². The van der Waals surface area contributed by atoms with Crippen LogP contribution in [0.2, 0.25) is 0 Å². The van der Waals surface area contributed by atoms with Crippen LogP contribution in [0, 0.1) is 12.7 Å². The van der Waals surface area contributed by atoms with E-state index in [2.05, 4.69) is 15.7 Å². The Balaban J connectivity index is 1.44. The third-order valence-electron chi connectivity index (χ3n) is 4.32. The topological polar surface area (TPSA) is 102 Å². The van der Waals surface area contributed by atoms with Gasteiger partial charge in [-0.1, -0.05) is 0 Å². The normalized spacial score (nSPS) is 13.3. The van der Waals surface area contributed by atoms with Crippen LogP contribution in [0.1, 0.15) is 28.2 Å². The molecule has 0 unspecified atom stereocenters. The van der Waals surface area contributed by atoms with Gasteiger partial charge in [0.25, 0.3) is 5.91 Å². The highest BCUT2D eigenvalue weighted by Gasteiger charge is 2.24. The molecule has 3 aromatic rings. The maximum absolute atomic E-state index is 13.2. The molecule has 0 bridgehead atoms. The van der Waals surface area contributed by atoms with E-state index in [1.807, 2.05) is 0 Å². The molecular weight excluding hydrogens is 399 g/mol. The number of thiophene rings is 1. The molecule has 4 rings (SSSR count). The van der Waals surface area contributed by atoms with Crippen LogP contribution in [-0.4, -0.2) is 40.3 Å². The summed E-state index contributed by atoms with van der Waals surface area (Å²) in [5, 5.41) is 9.92. The molecule has 0 spiro atoms. The van der Waals surface area contributed by atoms with E-state index in [9.17, 15) is 18.8 Å². The Morgan fingerprint density at radius 2 is 2.00 bits per heavy atom. The molecule has 1 aromatic carbocycles. The number of fused-ring (bicyclic) bond motifs is 1. The summed E-state index contributed by atoms with van der Waals surface area (Å²) >= 11 is 1.16. The fourth-order valence-corrected chi connectivity index (χ4v) is 3.80. The minimum atomic E-state index is -0.703. The monoisotopic (exact) mass is 416 g/mol. The Kier molecular flexibility index (Phi) is 5.01. The molecule has 2 heterocycles. The molecule has 2 N–H and O–H groups in total. The van der Waals surface area contributed by atoms with Crippen LogP contribution in [0.3, 0.4) is 0 Å². The van der Waals surface area contributed by atoms with Crippen molar-refractivity contribution in [2.45, 2.75) is 25.8 Å². The highest BCUT2D eigenvalue weighted by Crippen LogP contribution is 2.30. The van der Waals surface area contributed by atoms with Gasteiger partial charge in [0.2, 0.25) is 0 Å². The third-order valence-corrected chi connectivity index (χ3v) is 5.41. The van der Waals surface area contributed by atoms with Gasteiger partial charge in [0, 0.05) is 11.4 Å². The summed E-state index contributed by atoms with van der Waals surface area (Å²) in [5.41, 5.74) is 1.36. The van der Waals surface area contributed by atoms with Gasteiger partial charge in [-0.15, -0.1) is 11.3 Å². The molecule has 0 saturated heterocycles. The highest BCUT2D eigenvalue weighted by atomic mass is 32.1. The molecule has 29 heavy (non-hydrogen) atoms. The quantitative estimate of drug-likeness (QED) is 0.623. The van der Waals surface area contributed by atoms with Crippen molar-refractivity contribution in [3.8, 4) is 5.69 Å². The minimum absolute atomic E-state index is 0.118. The van der Waals surface area contributed by atoms with Gasteiger partial charge in [-0.2, -0.15) is 5.10 Å². The number of imide groups is 1. The Labute approximate surface area is 168 Å². The Morgan fingerprint density at radius 3 is 2.69 bits per heavy atom. The second-order valence-electron chi connectivity index (χ2n) is 6.68. The largest absolute Gasteiger partial charge is 0.451 e. The number of urea groups is 1. The number of rotatable bonds is 5. The molecule has 0 aliphatic heterocycles. The molecule has 1 saturated carbocycles. The number of nitrogens with zero attached hydrogens (tertiary/aromatic N) is 2. The van der Waals surface area contributed by atoms with E-state index in [-0.39, 0.29) is 11.9 Å². The standard InChI is InChI=1S/C19H17FN4O4S/c1-10-14-8-15(18(26)28-9-16(25)22-19(27)21-12-4-5-12)29-17(14)24(23-10)13-6-2-11(20)3-7-13/h2-3,6-8,12H,4-5,9H2,1H3,(H2,21,22,25,27). The van der Waals surface area contributed by atoms with Crippen molar-refractivity contribution >= 4 is 39.5 Å². The zero-order valence-electron chi connectivity index (χ0n) is 15.4. The number of nitrogens with one attached hydrogen (secondary N) is 2. The van der Waals surface area contributed by atoms with Crippen LogP contribution >= 0.6 is 11.3 Å². The number of aromatic nitrogens is 2. The first-order valence-electron chi connectivity index (χ1n) is 8.93. The average molecular weight is 416 g/mol. The summed E-state index contributed by atoms with van der Waals surface area (Å²) in [7, 11) is 0. The highest BCUT2D eigenvalue weighted by molar-refractivity contribution is 7.20. The maximum Gasteiger partial charge on any atom is 0.348 e. The van der Waals surface area contributed by atoms with E-state index in [1.54, 1.807) is 29.8 Å². The molecule has 0 atom stereocenters. The summed E-state index contributed by atoms with van der Waals surface area (Å²) in [5.74, 6) is -1.73. The van der Waals surface area contributed by atoms with E-state index in [0.717, 1.165) is 29.6 Å². The Hall–Kier alpha value is -3.27. The minimum Gasteiger partial charge on any atom is -0.451 e. The first-order chi connectivity index (χ1) is 13.9. The molecule has 2 aromatic heterocycles. The number of aryl methyl sites for hydroxylation is 1. The van der Waals surface area contributed by atoms with Gasteiger partial charge < -0.3 is 10.1 Å². The number of ether oxygens (including phenoxy) is 1. The summed E-state index contributed by atoms with van der Waals surface area (Å²) < 4.78 is 19.8. The summed E-state index contributed by atoms with van der Waals surface area (Å²) in [6.07, 6.45) is 1.80. The first-order valence-corrected chi connectivity index (χ1v) is 9.75. The lowest BCUT2D eigenvalue weighted by molar-refractivity contribution is -0.123. The van der Waals surface area contributed by atoms with Gasteiger partial charge in [0.1, 0.15) is 15.5 Å². The van der Waals surface area contributed by atoms with Crippen LogP contribution in [0.4, 0.5) is 9.18 Å². The molecule has 10 heteroatoms. The molecule has 1 aliphatic carbocycles. The SMILES string of the molecule is Cc1nn(-c2ccc(F)cc2)c2sc(C(=O)OCC(=O)NC(=O)NC3CC3)cc12. The lowest BCUT2D eigenvalue weighted by Crippen LogP contribution is -2.42. The van der Waals surface area contributed by atoms with Crippen molar-refractivity contribution in [1.82, 2.24) is 20.4 Å². The van der Waals surface area contributed by atoms with Crippen LogP contribution in [0.5, 0.6) is 0 Å². The van der Waals surface area contributed by atoms with E-state index in [0.29, 0.717) is 21.1 Å². The fourth-order valence-electron chi connectivity index (χ4n) is 2.72. The first kappa shape index (κ1) is 19.1. The number of hydrogen-bond acceptors (Lipinski definition) is 6. The lowest BCUT2D eigenvalue weighted by Gasteiger charge is -2.06. The fraction of sp³-hybridized carbons (Fsp3) is 0.263. The number of carbonyl (C=O) groups is 3. The molecular formula is C19H17FN4O4S.